The van der Waals surface area contributed by atoms with Crippen molar-refractivity contribution in [1.29, 1.82) is 0 Å². The maximum atomic E-state index is 12.5. The number of urea groups is 1. The summed E-state index contributed by atoms with van der Waals surface area (Å²) in [6, 6.07) is 6.63. The van der Waals surface area contributed by atoms with Crippen LogP contribution in [-0.2, 0) is 16.0 Å². The number of imidazole rings is 1. The zero-order chi connectivity index (χ0) is 17.1. The third kappa shape index (κ3) is 3.21. The maximum Gasteiger partial charge on any atom is 0.325 e. The van der Waals surface area contributed by atoms with E-state index in [0.29, 0.717) is 18.0 Å². The number of hydrogen-bond donors (Lipinski definition) is 2. The molecular weight excluding hydrogens is 332 g/mol. The van der Waals surface area contributed by atoms with Gasteiger partial charge in [0.1, 0.15) is 12.6 Å². The van der Waals surface area contributed by atoms with E-state index in [0.717, 1.165) is 17.0 Å². The van der Waals surface area contributed by atoms with E-state index < -0.39 is 5.97 Å². The highest BCUT2D eigenvalue weighted by molar-refractivity contribution is 6.30. The Labute approximate surface area is 144 Å². The molecule has 0 bridgehead atoms. The highest BCUT2D eigenvalue weighted by atomic mass is 35.5. The van der Waals surface area contributed by atoms with E-state index >= 15 is 0 Å². The number of nitrogens with zero attached hydrogens (tertiary/aromatic N) is 2. The smallest absolute Gasteiger partial charge is 0.325 e. The van der Waals surface area contributed by atoms with Crippen molar-refractivity contribution >= 4 is 23.6 Å². The maximum absolute atomic E-state index is 12.5. The number of benzene rings is 1. The zero-order valence-corrected chi connectivity index (χ0v) is 13.8. The molecule has 1 aromatic carbocycles. The van der Waals surface area contributed by atoms with Crippen LogP contribution in [0.4, 0.5) is 4.79 Å². The first-order chi connectivity index (χ1) is 11.6. The molecule has 1 aliphatic rings. The van der Waals surface area contributed by atoms with Crippen molar-refractivity contribution in [2.24, 2.45) is 0 Å². The van der Waals surface area contributed by atoms with Gasteiger partial charge in [0, 0.05) is 23.7 Å². The van der Waals surface area contributed by atoms with Crippen molar-refractivity contribution in [2.45, 2.75) is 12.5 Å². The molecule has 7 nitrogen and oxygen atoms in total. The van der Waals surface area contributed by atoms with Gasteiger partial charge >= 0.3 is 12.0 Å². The van der Waals surface area contributed by atoms with Crippen LogP contribution in [0.1, 0.15) is 23.0 Å². The lowest BCUT2D eigenvalue weighted by atomic mass is 9.96. The molecule has 0 spiro atoms. The van der Waals surface area contributed by atoms with Crippen LogP contribution >= 0.6 is 11.6 Å². The number of nitrogens with one attached hydrogen (secondary N) is 2. The molecule has 0 radical (unpaired) electrons. The molecule has 0 saturated heterocycles. The molecule has 1 aliphatic heterocycles. The number of fused-ring (bicyclic) bond motifs is 1. The number of carbonyl (C=O) groups excluding carboxylic acids is 2. The zero-order valence-electron chi connectivity index (χ0n) is 13.1. The average molecular weight is 349 g/mol. The predicted molar refractivity (Wildman–Crippen MR) is 87.7 cm³/mol. The summed E-state index contributed by atoms with van der Waals surface area (Å²) in [6.07, 6.45) is 2.30. The molecule has 0 aliphatic carbocycles. The molecule has 1 aromatic heterocycles. The first-order valence-electron chi connectivity index (χ1n) is 7.49. The monoisotopic (exact) mass is 348 g/mol. The van der Waals surface area contributed by atoms with Gasteiger partial charge in [0.25, 0.3) is 0 Å². The molecule has 24 heavy (non-hydrogen) atoms. The van der Waals surface area contributed by atoms with Gasteiger partial charge in [-0.05, 0) is 17.7 Å². The Morgan fingerprint density at radius 1 is 1.42 bits per heavy atom. The number of halogens is 1. The summed E-state index contributed by atoms with van der Waals surface area (Å²) in [5.41, 5.74) is 2.71. The van der Waals surface area contributed by atoms with Crippen LogP contribution in [0.3, 0.4) is 0 Å². The molecule has 0 saturated carbocycles. The van der Waals surface area contributed by atoms with E-state index in [1.807, 2.05) is 12.1 Å². The van der Waals surface area contributed by atoms with Gasteiger partial charge in [-0.15, -0.1) is 0 Å². The Bertz CT molecular complexity index is 744. The van der Waals surface area contributed by atoms with Crippen LogP contribution in [0.25, 0.3) is 0 Å². The van der Waals surface area contributed by atoms with E-state index in [4.69, 9.17) is 11.6 Å². The van der Waals surface area contributed by atoms with Gasteiger partial charge in [-0.25, -0.2) is 9.78 Å². The average Bonchev–Trinajstić information content (AvgIpc) is 3.08. The molecule has 0 fully saturated rings. The lowest BCUT2D eigenvalue weighted by Gasteiger charge is -2.35. The fraction of sp³-hybridized carbons (Fsp3) is 0.312. The van der Waals surface area contributed by atoms with Gasteiger partial charge in [-0.1, -0.05) is 23.7 Å². The number of amides is 2. The summed E-state index contributed by atoms with van der Waals surface area (Å²) in [5, 5.41) is 3.21. The summed E-state index contributed by atoms with van der Waals surface area (Å²) < 4.78 is 4.55. The van der Waals surface area contributed by atoms with E-state index in [9.17, 15) is 9.59 Å². The number of aromatic amines is 1. The Balaban J connectivity index is 1.88. The summed E-state index contributed by atoms with van der Waals surface area (Å²) in [5.74, 6) is -0.496. The van der Waals surface area contributed by atoms with Gasteiger partial charge in [0.2, 0.25) is 0 Å². The van der Waals surface area contributed by atoms with Crippen molar-refractivity contribution in [3.8, 4) is 0 Å². The largest absolute Gasteiger partial charge is 0.468 e. The second-order valence-corrected chi connectivity index (χ2v) is 5.84. The predicted octanol–water partition coefficient (Wildman–Crippen LogP) is 1.89. The van der Waals surface area contributed by atoms with Gasteiger partial charge < -0.3 is 19.9 Å². The van der Waals surface area contributed by atoms with Gasteiger partial charge in [0.15, 0.2) is 0 Å². The van der Waals surface area contributed by atoms with E-state index in [-0.39, 0.29) is 18.6 Å². The normalized spacial score (nSPS) is 16.4. The fourth-order valence-corrected chi connectivity index (χ4v) is 2.93. The lowest BCUT2D eigenvalue weighted by molar-refractivity contribution is -0.139. The number of aromatic nitrogens is 2. The summed E-state index contributed by atoms with van der Waals surface area (Å²) in [6.45, 7) is 0.335. The standard InChI is InChI=1S/C16H17ClN4O3/c1-24-13(22)8-18-16(23)21-7-6-12-14(20-9-19-12)15(21)10-2-4-11(17)5-3-10/h2-5,9,15H,6-8H2,1H3,(H,18,23)(H,19,20)/t15-/m0/s1. The molecule has 2 heterocycles. The van der Waals surface area contributed by atoms with Crippen molar-refractivity contribution < 1.29 is 14.3 Å². The van der Waals surface area contributed by atoms with Crippen LogP contribution in [-0.4, -0.2) is 47.1 Å². The Morgan fingerprint density at radius 3 is 2.88 bits per heavy atom. The summed E-state index contributed by atoms with van der Waals surface area (Å²) >= 11 is 5.96. The number of carbonyl (C=O) groups is 2. The lowest BCUT2D eigenvalue weighted by Crippen LogP contribution is -2.47. The second-order valence-electron chi connectivity index (χ2n) is 5.40. The minimum Gasteiger partial charge on any atom is -0.468 e. The SMILES string of the molecule is COC(=O)CNC(=O)N1CCc2[nH]cnc2[C@@H]1c1ccc(Cl)cc1. The molecule has 126 valence electrons. The highest BCUT2D eigenvalue weighted by Crippen LogP contribution is 2.33. The number of H-pyrrole nitrogens is 1. The fourth-order valence-electron chi connectivity index (χ4n) is 2.80. The molecule has 2 aromatic rings. The highest BCUT2D eigenvalue weighted by Gasteiger charge is 2.34. The minimum atomic E-state index is -0.496. The van der Waals surface area contributed by atoms with Crippen molar-refractivity contribution in [3.05, 3.63) is 52.6 Å². The molecule has 1 atom stereocenters. The van der Waals surface area contributed by atoms with E-state index in [2.05, 4.69) is 20.0 Å². The van der Waals surface area contributed by atoms with Crippen LogP contribution in [0.15, 0.2) is 30.6 Å². The van der Waals surface area contributed by atoms with Crippen molar-refractivity contribution in [2.75, 3.05) is 20.2 Å². The molecular formula is C16H17ClN4O3. The number of rotatable bonds is 3. The third-order valence-corrected chi connectivity index (χ3v) is 4.24. The molecule has 3 rings (SSSR count). The van der Waals surface area contributed by atoms with Crippen LogP contribution < -0.4 is 5.32 Å². The van der Waals surface area contributed by atoms with Crippen LogP contribution in [0.2, 0.25) is 5.02 Å². The summed E-state index contributed by atoms with van der Waals surface area (Å²) in [4.78, 5) is 33.0. The van der Waals surface area contributed by atoms with Crippen LogP contribution in [0, 0.1) is 0 Å². The number of hydrogen-bond acceptors (Lipinski definition) is 4. The third-order valence-electron chi connectivity index (χ3n) is 3.98. The second kappa shape index (κ2) is 6.92. The molecule has 0 unspecified atom stereocenters. The number of ether oxygens (including phenoxy) is 1. The van der Waals surface area contributed by atoms with Crippen molar-refractivity contribution in [3.63, 3.8) is 0 Å². The number of esters is 1. The molecule has 2 N–H and O–H groups in total. The quantitative estimate of drug-likeness (QED) is 0.829. The Kier molecular flexibility index (Phi) is 4.71. The van der Waals surface area contributed by atoms with Crippen LogP contribution in [0.5, 0.6) is 0 Å². The van der Waals surface area contributed by atoms with Gasteiger partial charge in [-0.3, -0.25) is 4.79 Å². The van der Waals surface area contributed by atoms with Gasteiger partial charge in [0.05, 0.1) is 19.1 Å². The first kappa shape index (κ1) is 16.3. The molecule has 2 amide bonds. The first-order valence-corrected chi connectivity index (χ1v) is 7.87. The summed E-state index contributed by atoms with van der Waals surface area (Å²) in [7, 11) is 1.28. The minimum absolute atomic E-state index is 0.174. The topological polar surface area (TPSA) is 87.3 Å². The van der Waals surface area contributed by atoms with E-state index in [1.54, 1.807) is 23.4 Å². The van der Waals surface area contributed by atoms with Crippen molar-refractivity contribution in [1.82, 2.24) is 20.2 Å². The Hall–Kier alpha value is -2.54. The molecule has 8 heteroatoms. The number of methoxy groups -OCH3 is 1. The Morgan fingerprint density at radius 2 is 2.17 bits per heavy atom. The van der Waals surface area contributed by atoms with E-state index in [1.165, 1.54) is 7.11 Å². The van der Waals surface area contributed by atoms with Gasteiger partial charge in [-0.2, -0.15) is 0 Å².